The monoisotopic (exact) mass is 469 g/mol. The molecule has 4 aromatic rings. The Morgan fingerprint density at radius 1 is 1.00 bits per heavy atom. The summed E-state index contributed by atoms with van der Waals surface area (Å²) in [6, 6.07) is 17.8. The van der Waals surface area contributed by atoms with Crippen LogP contribution >= 0.6 is 23.7 Å². The zero-order valence-corrected chi connectivity index (χ0v) is 19.5. The molecule has 166 valence electrons. The molecule has 0 radical (unpaired) electrons. The third-order valence-corrected chi connectivity index (χ3v) is 6.37. The van der Waals surface area contributed by atoms with Gasteiger partial charge in [0.2, 0.25) is 6.79 Å². The van der Waals surface area contributed by atoms with Gasteiger partial charge in [0.25, 0.3) is 5.91 Å². The zero-order chi connectivity index (χ0) is 21.4. The second-order valence-electron chi connectivity index (χ2n) is 7.85. The summed E-state index contributed by atoms with van der Waals surface area (Å²) in [4.78, 5) is 22.3. The first-order valence-corrected chi connectivity index (χ1v) is 11.1. The average molecular weight is 470 g/mol. The number of anilines is 1. The maximum absolute atomic E-state index is 13.6. The topological polar surface area (TPSA) is 54.9 Å². The number of hydrogen-bond donors (Lipinski definition) is 0. The van der Waals surface area contributed by atoms with Gasteiger partial charge in [-0.1, -0.05) is 41.7 Å². The number of thiazole rings is 1. The van der Waals surface area contributed by atoms with Gasteiger partial charge in [0.15, 0.2) is 16.6 Å². The Bertz CT molecular complexity index is 1230. The van der Waals surface area contributed by atoms with Gasteiger partial charge in [-0.2, -0.15) is 0 Å². The van der Waals surface area contributed by atoms with E-state index < -0.39 is 0 Å². The van der Waals surface area contributed by atoms with Crippen molar-refractivity contribution in [2.45, 2.75) is 6.42 Å². The molecule has 1 aromatic heterocycles. The largest absolute Gasteiger partial charge is 0.454 e. The van der Waals surface area contributed by atoms with Gasteiger partial charge in [-0.3, -0.25) is 9.69 Å². The van der Waals surface area contributed by atoms with Crippen molar-refractivity contribution >= 4 is 55.8 Å². The first-order valence-electron chi connectivity index (χ1n) is 10.2. The van der Waals surface area contributed by atoms with Crippen LogP contribution in [0.3, 0.4) is 0 Å². The normalized spacial score (nSPS) is 12.3. The summed E-state index contributed by atoms with van der Waals surface area (Å²) in [6.45, 7) is 1.72. The first kappa shape index (κ1) is 22.3. The van der Waals surface area contributed by atoms with Crippen molar-refractivity contribution in [1.82, 2.24) is 9.88 Å². The molecule has 0 bridgehead atoms. The van der Waals surface area contributed by atoms with Crippen LogP contribution in [-0.4, -0.2) is 49.8 Å². The van der Waals surface area contributed by atoms with Crippen molar-refractivity contribution in [3.63, 3.8) is 0 Å². The first-order chi connectivity index (χ1) is 15.1. The van der Waals surface area contributed by atoms with Crippen LogP contribution in [0.2, 0.25) is 0 Å². The van der Waals surface area contributed by atoms with E-state index in [4.69, 9.17) is 14.5 Å². The molecule has 3 aromatic carbocycles. The SMILES string of the molecule is CN(C)CCCN(C(=O)c1ccc2ccccc2c1)c1nc2cc3c(cc2s1)OCO3.Cl. The molecule has 1 aliphatic rings. The van der Waals surface area contributed by atoms with E-state index in [1.165, 1.54) is 11.3 Å². The summed E-state index contributed by atoms with van der Waals surface area (Å²) >= 11 is 1.50. The molecule has 0 unspecified atom stereocenters. The molecule has 32 heavy (non-hydrogen) atoms. The Labute approximate surface area is 196 Å². The summed E-state index contributed by atoms with van der Waals surface area (Å²) < 4.78 is 12.0. The van der Waals surface area contributed by atoms with E-state index in [9.17, 15) is 4.79 Å². The summed E-state index contributed by atoms with van der Waals surface area (Å²) in [5.74, 6) is 1.38. The van der Waals surface area contributed by atoms with E-state index in [-0.39, 0.29) is 25.1 Å². The maximum atomic E-state index is 13.6. The summed E-state index contributed by atoms with van der Waals surface area (Å²) in [5, 5.41) is 2.86. The molecule has 0 fully saturated rings. The van der Waals surface area contributed by atoms with Gasteiger partial charge < -0.3 is 14.4 Å². The highest BCUT2D eigenvalue weighted by atomic mass is 35.5. The molecule has 5 rings (SSSR count). The van der Waals surface area contributed by atoms with Crippen molar-refractivity contribution in [3.05, 3.63) is 60.2 Å². The van der Waals surface area contributed by atoms with Crippen molar-refractivity contribution in [2.24, 2.45) is 0 Å². The van der Waals surface area contributed by atoms with Crippen molar-refractivity contribution in [2.75, 3.05) is 38.9 Å². The van der Waals surface area contributed by atoms with Gasteiger partial charge in [0.1, 0.15) is 0 Å². The molecule has 8 heteroatoms. The predicted molar refractivity (Wildman–Crippen MR) is 132 cm³/mol. The number of rotatable bonds is 6. The number of nitrogens with zero attached hydrogens (tertiary/aromatic N) is 3. The Kier molecular flexibility index (Phi) is 6.50. The molecule has 0 saturated carbocycles. The molecule has 1 aliphatic heterocycles. The van der Waals surface area contributed by atoms with E-state index in [1.54, 1.807) is 4.90 Å². The molecule has 0 spiro atoms. The quantitative estimate of drug-likeness (QED) is 0.388. The van der Waals surface area contributed by atoms with E-state index in [0.717, 1.165) is 39.7 Å². The van der Waals surface area contributed by atoms with E-state index in [0.29, 0.717) is 23.0 Å². The minimum Gasteiger partial charge on any atom is -0.454 e. The molecular formula is C24H24ClN3O3S. The van der Waals surface area contributed by atoms with Crippen LogP contribution < -0.4 is 14.4 Å². The van der Waals surface area contributed by atoms with Gasteiger partial charge in [-0.25, -0.2) is 4.98 Å². The van der Waals surface area contributed by atoms with Gasteiger partial charge in [-0.15, -0.1) is 12.4 Å². The van der Waals surface area contributed by atoms with Crippen molar-refractivity contribution in [3.8, 4) is 11.5 Å². The average Bonchev–Trinajstić information content (AvgIpc) is 3.39. The van der Waals surface area contributed by atoms with Crippen LogP contribution in [0.4, 0.5) is 5.13 Å². The minimum atomic E-state index is -0.0383. The highest BCUT2D eigenvalue weighted by Crippen LogP contribution is 2.40. The van der Waals surface area contributed by atoms with Crippen LogP contribution in [0.1, 0.15) is 16.8 Å². The van der Waals surface area contributed by atoms with Crippen LogP contribution in [-0.2, 0) is 0 Å². The third-order valence-electron chi connectivity index (χ3n) is 5.33. The lowest BCUT2D eigenvalue weighted by Gasteiger charge is -2.21. The predicted octanol–water partition coefficient (Wildman–Crippen LogP) is 5.20. The standard InChI is InChI=1S/C24H23N3O3S.ClH/c1-26(2)10-5-11-27(23(28)18-9-8-16-6-3-4-7-17(16)12-18)24-25-19-13-20-21(30-15-29-20)14-22(19)31-24;/h3-4,6-9,12-14H,5,10-11,15H2,1-2H3;1H. The highest BCUT2D eigenvalue weighted by Gasteiger charge is 2.23. The molecule has 0 atom stereocenters. The summed E-state index contributed by atoms with van der Waals surface area (Å²) in [6.07, 6.45) is 0.852. The van der Waals surface area contributed by atoms with Crippen molar-refractivity contribution in [1.29, 1.82) is 0 Å². The van der Waals surface area contributed by atoms with Crippen LogP contribution in [0.5, 0.6) is 11.5 Å². The number of carbonyl (C=O) groups is 1. The molecule has 0 saturated heterocycles. The molecule has 1 amide bonds. The number of aromatic nitrogens is 1. The fraction of sp³-hybridized carbons (Fsp3) is 0.250. The Morgan fingerprint density at radius 3 is 2.53 bits per heavy atom. The number of hydrogen-bond acceptors (Lipinski definition) is 6. The lowest BCUT2D eigenvalue weighted by atomic mass is 10.1. The number of amides is 1. The number of ether oxygens (including phenoxy) is 2. The summed E-state index contributed by atoms with van der Waals surface area (Å²) in [7, 11) is 4.07. The number of benzene rings is 3. The second kappa shape index (κ2) is 9.32. The third kappa shape index (κ3) is 4.37. The van der Waals surface area contributed by atoms with Gasteiger partial charge in [0, 0.05) is 24.2 Å². The molecule has 6 nitrogen and oxygen atoms in total. The number of halogens is 1. The molecular weight excluding hydrogens is 446 g/mol. The maximum Gasteiger partial charge on any atom is 0.260 e. The zero-order valence-electron chi connectivity index (χ0n) is 17.9. The Hall–Kier alpha value is -2.87. The Morgan fingerprint density at radius 2 is 1.75 bits per heavy atom. The molecule has 0 aliphatic carbocycles. The van der Waals surface area contributed by atoms with Gasteiger partial charge in [-0.05, 0) is 50.0 Å². The highest BCUT2D eigenvalue weighted by molar-refractivity contribution is 7.22. The van der Waals surface area contributed by atoms with Crippen molar-refractivity contribution < 1.29 is 14.3 Å². The van der Waals surface area contributed by atoms with E-state index in [2.05, 4.69) is 11.0 Å². The molecule has 2 heterocycles. The van der Waals surface area contributed by atoms with Gasteiger partial charge >= 0.3 is 0 Å². The number of carbonyl (C=O) groups excluding carboxylic acids is 1. The second-order valence-corrected chi connectivity index (χ2v) is 8.85. The minimum absolute atomic E-state index is 0. The lowest BCUT2D eigenvalue weighted by molar-refractivity contribution is 0.0986. The van der Waals surface area contributed by atoms with E-state index >= 15 is 0 Å². The van der Waals surface area contributed by atoms with Gasteiger partial charge in [0.05, 0.1) is 10.2 Å². The van der Waals surface area contributed by atoms with E-state index in [1.807, 2.05) is 62.6 Å². The fourth-order valence-electron chi connectivity index (χ4n) is 3.73. The lowest BCUT2D eigenvalue weighted by Crippen LogP contribution is -2.33. The van der Waals surface area contributed by atoms with Crippen LogP contribution in [0.15, 0.2) is 54.6 Å². The van der Waals surface area contributed by atoms with Crippen LogP contribution in [0.25, 0.3) is 21.0 Å². The summed E-state index contributed by atoms with van der Waals surface area (Å²) in [5.41, 5.74) is 1.48. The molecule has 0 N–H and O–H groups in total. The number of fused-ring (bicyclic) bond motifs is 3. The smallest absolute Gasteiger partial charge is 0.260 e. The fourth-order valence-corrected chi connectivity index (χ4v) is 4.73. The Balaban J connectivity index is 0.00000245. The van der Waals surface area contributed by atoms with Crippen LogP contribution in [0, 0.1) is 0 Å².